The summed E-state index contributed by atoms with van der Waals surface area (Å²) in [6.07, 6.45) is 7.63. The molecular weight excluding hydrogens is 308 g/mol. The van der Waals surface area contributed by atoms with Crippen LogP contribution in [-0.2, 0) is 9.59 Å². The minimum Gasteiger partial charge on any atom is -0.481 e. The van der Waals surface area contributed by atoms with Gasteiger partial charge >= 0.3 is 5.97 Å². The predicted molar refractivity (Wildman–Crippen MR) is 85.9 cm³/mol. The number of nitrogens with zero attached hydrogens (tertiary/aromatic N) is 1. The molecule has 0 unspecified atom stereocenters. The fourth-order valence-corrected chi connectivity index (χ4v) is 3.82. The summed E-state index contributed by atoms with van der Waals surface area (Å²) in [6, 6.07) is 7.19. The first-order chi connectivity index (χ1) is 11.6. The normalized spacial score (nSPS) is 27.3. The monoisotopic (exact) mass is 324 g/mol. The molecule has 2 bridgehead atoms. The zero-order chi connectivity index (χ0) is 16.7. The van der Waals surface area contributed by atoms with E-state index in [0.29, 0.717) is 11.4 Å². The molecule has 1 fully saturated rings. The van der Waals surface area contributed by atoms with E-state index in [1.54, 1.807) is 18.3 Å². The Hall–Kier alpha value is -2.89. The van der Waals surface area contributed by atoms with Gasteiger partial charge < -0.3 is 14.8 Å². The highest BCUT2D eigenvalue weighted by Crippen LogP contribution is 2.48. The molecule has 1 aromatic heterocycles. The quantitative estimate of drug-likeness (QED) is 0.844. The van der Waals surface area contributed by atoms with Crippen LogP contribution in [0.1, 0.15) is 6.42 Å². The van der Waals surface area contributed by atoms with Gasteiger partial charge in [-0.05, 0) is 42.5 Å². The molecule has 0 radical (unpaired) electrons. The Morgan fingerprint density at radius 3 is 2.46 bits per heavy atom. The molecule has 1 aromatic carbocycles. The van der Waals surface area contributed by atoms with Gasteiger partial charge in [0.2, 0.25) is 5.91 Å². The summed E-state index contributed by atoms with van der Waals surface area (Å²) in [5, 5.41) is 12.3. The molecule has 24 heavy (non-hydrogen) atoms. The van der Waals surface area contributed by atoms with Crippen LogP contribution in [0.2, 0.25) is 0 Å². The molecule has 1 heterocycles. The second-order valence-electron chi connectivity index (χ2n) is 6.27. The number of anilines is 1. The maximum absolute atomic E-state index is 12.6. The number of nitrogens with one attached hydrogen (secondary N) is 1. The molecule has 4 atom stereocenters. The highest BCUT2D eigenvalue weighted by atomic mass is 16.4. The Kier molecular flexibility index (Phi) is 3.45. The molecule has 2 aromatic rings. The van der Waals surface area contributed by atoms with Gasteiger partial charge in [-0.2, -0.15) is 0 Å². The second-order valence-corrected chi connectivity index (χ2v) is 6.27. The van der Waals surface area contributed by atoms with Crippen LogP contribution in [0.25, 0.3) is 11.3 Å². The average Bonchev–Trinajstić information content (AvgIpc) is 3.31. The van der Waals surface area contributed by atoms with E-state index in [4.69, 9.17) is 4.42 Å². The lowest BCUT2D eigenvalue weighted by Crippen LogP contribution is -2.36. The second kappa shape index (κ2) is 5.63. The summed E-state index contributed by atoms with van der Waals surface area (Å²) in [4.78, 5) is 28.0. The van der Waals surface area contributed by atoms with E-state index < -0.39 is 17.8 Å². The van der Waals surface area contributed by atoms with Crippen molar-refractivity contribution in [1.82, 2.24) is 4.98 Å². The number of fused-ring (bicyclic) bond motifs is 2. The molecule has 0 saturated heterocycles. The number of hydrogen-bond donors (Lipinski definition) is 2. The number of amides is 1. The summed E-state index contributed by atoms with van der Waals surface area (Å²) < 4.78 is 5.22. The number of rotatable bonds is 4. The van der Waals surface area contributed by atoms with Gasteiger partial charge in [0.15, 0.2) is 12.2 Å². The topological polar surface area (TPSA) is 92.4 Å². The first kappa shape index (κ1) is 14.7. The number of aromatic nitrogens is 1. The van der Waals surface area contributed by atoms with E-state index in [2.05, 4.69) is 10.3 Å². The summed E-state index contributed by atoms with van der Waals surface area (Å²) in [7, 11) is 0. The molecule has 122 valence electrons. The molecule has 2 aliphatic carbocycles. The molecule has 6 nitrogen and oxygen atoms in total. The molecule has 1 amide bonds. The number of carbonyl (C=O) groups is 2. The third-order valence-electron chi connectivity index (χ3n) is 4.92. The highest BCUT2D eigenvalue weighted by Gasteiger charge is 2.51. The van der Waals surface area contributed by atoms with E-state index in [1.807, 2.05) is 24.3 Å². The zero-order valence-electron chi connectivity index (χ0n) is 12.8. The average molecular weight is 324 g/mol. The van der Waals surface area contributed by atoms with Crippen LogP contribution in [0.3, 0.4) is 0 Å². The van der Waals surface area contributed by atoms with Gasteiger partial charge in [0.1, 0.15) is 0 Å². The highest BCUT2D eigenvalue weighted by molar-refractivity contribution is 5.96. The van der Waals surface area contributed by atoms with Crippen molar-refractivity contribution in [3.05, 3.63) is 49.0 Å². The third-order valence-corrected chi connectivity index (χ3v) is 4.92. The van der Waals surface area contributed by atoms with Crippen molar-refractivity contribution in [3.8, 4) is 11.3 Å². The molecule has 2 aliphatic rings. The van der Waals surface area contributed by atoms with Crippen molar-refractivity contribution in [3.63, 3.8) is 0 Å². The molecule has 1 saturated carbocycles. The number of carboxylic acid groups (broad SMARTS) is 1. The van der Waals surface area contributed by atoms with Gasteiger partial charge in [-0.15, -0.1) is 0 Å². The Balaban J connectivity index is 1.50. The van der Waals surface area contributed by atoms with Crippen LogP contribution < -0.4 is 5.32 Å². The van der Waals surface area contributed by atoms with Crippen LogP contribution >= 0.6 is 0 Å². The summed E-state index contributed by atoms with van der Waals surface area (Å²) in [5.41, 5.74) is 1.50. The number of carboxylic acids is 1. The molecule has 0 spiro atoms. The number of allylic oxidation sites excluding steroid dienone is 2. The molecule has 6 heteroatoms. The standard InChI is InChI=1S/C18H16N2O4/c21-17(15-11-1-2-12(7-11)16(15)18(22)23)20-13-5-3-10(4-6-13)14-8-19-9-24-14/h1-6,8-9,11-12,15-16H,7H2,(H,20,21)(H,22,23)/t11-,12+,15-,16-/m0/s1. The van der Waals surface area contributed by atoms with Crippen molar-refractivity contribution in [2.24, 2.45) is 23.7 Å². The number of hydrogen-bond acceptors (Lipinski definition) is 4. The van der Waals surface area contributed by atoms with Crippen LogP contribution in [0.15, 0.2) is 53.4 Å². The fraction of sp³-hybridized carbons (Fsp3) is 0.278. The Morgan fingerprint density at radius 1 is 1.12 bits per heavy atom. The summed E-state index contributed by atoms with van der Waals surface area (Å²) in [6.45, 7) is 0. The minimum atomic E-state index is -0.896. The van der Waals surface area contributed by atoms with E-state index in [9.17, 15) is 14.7 Å². The summed E-state index contributed by atoms with van der Waals surface area (Å²) in [5.74, 6) is -1.63. The molecular formula is C18H16N2O4. The van der Waals surface area contributed by atoms with Gasteiger partial charge in [0.05, 0.1) is 18.0 Å². The van der Waals surface area contributed by atoms with Gasteiger partial charge in [-0.1, -0.05) is 12.2 Å². The zero-order valence-corrected chi connectivity index (χ0v) is 12.8. The van der Waals surface area contributed by atoms with Crippen LogP contribution in [0.4, 0.5) is 5.69 Å². The van der Waals surface area contributed by atoms with Crippen LogP contribution in [0.5, 0.6) is 0 Å². The summed E-state index contributed by atoms with van der Waals surface area (Å²) >= 11 is 0. The Labute approximate surface area is 138 Å². The molecule has 2 N–H and O–H groups in total. The van der Waals surface area contributed by atoms with E-state index >= 15 is 0 Å². The van der Waals surface area contributed by atoms with Crippen molar-refractivity contribution in [1.29, 1.82) is 0 Å². The molecule has 0 aliphatic heterocycles. The minimum absolute atomic E-state index is 0.0181. The van der Waals surface area contributed by atoms with Crippen molar-refractivity contribution in [2.75, 3.05) is 5.32 Å². The van der Waals surface area contributed by atoms with Gasteiger partial charge in [-0.25, -0.2) is 4.98 Å². The lowest BCUT2D eigenvalue weighted by molar-refractivity contribution is -0.146. The number of carbonyl (C=O) groups excluding carboxylic acids is 1. The first-order valence-corrected chi connectivity index (χ1v) is 7.84. The van der Waals surface area contributed by atoms with Gasteiger partial charge in [0, 0.05) is 11.3 Å². The lowest BCUT2D eigenvalue weighted by Gasteiger charge is -2.23. The van der Waals surface area contributed by atoms with Crippen LogP contribution in [0, 0.1) is 23.7 Å². The third kappa shape index (κ3) is 2.40. The maximum Gasteiger partial charge on any atom is 0.307 e. The SMILES string of the molecule is O=C(O)[C@@H]1[C@@H](C(=O)Nc2ccc(-c3cnco3)cc2)[C@H]2C=C[C@@H]1C2. The van der Waals surface area contributed by atoms with E-state index in [0.717, 1.165) is 12.0 Å². The van der Waals surface area contributed by atoms with E-state index in [-0.39, 0.29) is 17.7 Å². The van der Waals surface area contributed by atoms with Crippen molar-refractivity contribution in [2.45, 2.75) is 6.42 Å². The van der Waals surface area contributed by atoms with Crippen molar-refractivity contribution < 1.29 is 19.1 Å². The lowest BCUT2D eigenvalue weighted by atomic mass is 9.82. The first-order valence-electron chi connectivity index (χ1n) is 7.84. The predicted octanol–water partition coefficient (Wildman–Crippen LogP) is 2.80. The van der Waals surface area contributed by atoms with Crippen LogP contribution in [-0.4, -0.2) is 22.0 Å². The number of oxazole rings is 1. The number of aliphatic carboxylic acids is 1. The van der Waals surface area contributed by atoms with Crippen molar-refractivity contribution >= 4 is 17.6 Å². The molecule has 4 rings (SSSR count). The Morgan fingerprint density at radius 2 is 1.83 bits per heavy atom. The fourth-order valence-electron chi connectivity index (χ4n) is 3.82. The Bertz CT molecular complexity index is 795. The van der Waals surface area contributed by atoms with E-state index in [1.165, 1.54) is 6.39 Å². The van der Waals surface area contributed by atoms with Gasteiger partial charge in [-0.3, -0.25) is 9.59 Å². The smallest absolute Gasteiger partial charge is 0.307 e. The maximum atomic E-state index is 12.6. The van der Waals surface area contributed by atoms with Gasteiger partial charge in [0.25, 0.3) is 0 Å². The number of benzene rings is 1. The largest absolute Gasteiger partial charge is 0.481 e.